The van der Waals surface area contributed by atoms with Crippen molar-refractivity contribution < 1.29 is 31.1 Å². The van der Waals surface area contributed by atoms with Gasteiger partial charge in [-0.2, -0.15) is 13.2 Å². The summed E-state index contributed by atoms with van der Waals surface area (Å²) in [6.45, 7) is 1.17. The highest BCUT2D eigenvalue weighted by molar-refractivity contribution is 7.92. The second-order valence-electron chi connectivity index (χ2n) is 6.90. The molecule has 1 amide bonds. The first-order valence-electron chi connectivity index (χ1n) is 9.29. The fourth-order valence-electron chi connectivity index (χ4n) is 3.23. The topological polar surface area (TPSA) is 75.7 Å². The predicted molar refractivity (Wildman–Crippen MR) is 105 cm³/mol. The number of carbonyl (C=O) groups is 1. The molecule has 6 nitrogen and oxygen atoms in total. The number of amides is 1. The summed E-state index contributed by atoms with van der Waals surface area (Å²) >= 11 is 0. The zero-order chi connectivity index (χ0) is 21.9. The second kappa shape index (κ2) is 8.55. The molecule has 1 N–H and O–H groups in total. The Morgan fingerprint density at radius 1 is 1.03 bits per heavy atom. The fraction of sp³-hybridized carbons (Fsp3) is 0.350. The van der Waals surface area contributed by atoms with E-state index < -0.39 is 21.8 Å². The van der Waals surface area contributed by atoms with Crippen molar-refractivity contribution in [1.29, 1.82) is 0 Å². The summed E-state index contributed by atoms with van der Waals surface area (Å²) in [6, 6.07) is 7.53. The highest BCUT2D eigenvalue weighted by atomic mass is 32.2. The zero-order valence-electron chi connectivity index (χ0n) is 16.2. The highest BCUT2D eigenvalue weighted by Gasteiger charge is 2.30. The van der Waals surface area contributed by atoms with Gasteiger partial charge in [-0.3, -0.25) is 9.52 Å². The SMILES string of the molecule is COc1ccc(S(=O)(=O)Nc2ccc(C(F)(F)F)cc2)cc1C(=O)N1CCCCC1. The molecule has 1 fully saturated rings. The number of rotatable bonds is 5. The summed E-state index contributed by atoms with van der Waals surface area (Å²) < 4.78 is 71.0. The Morgan fingerprint density at radius 2 is 1.67 bits per heavy atom. The van der Waals surface area contributed by atoms with Crippen LogP contribution in [-0.2, 0) is 16.2 Å². The number of sulfonamides is 1. The van der Waals surface area contributed by atoms with Crippen LogP contribution in [0.15, 0.2) is 47.4 Å². The van der Waals surface area contributed by atoms with E-state index in [2.05, 4.69) is 4.72 Å². The van der Waals surface area contributed by atoms with Gasteiger partial charge in [-0.1, -0.05) is 0 Å². The third-order valence-electron chi connectivity index (χ3n) is 4.82. The monoisotopic (exact) mass is 442 g/mol. The van der Waals surface area contributed by atoms with Crippen LogP contribution >= 0.6 is 0 Å². The molecule has 2 aromatic carbocycles. The fourth-order valence-corrected chi connectivity index (χ4v) is 4.31. The van der Waals surface area contributed by atoms with Gasteiger partial charge in [-0.25, -0.2) is 8.42 Å². The number of alkyl halides is 3. The Kier molecular flexibility index (Phi) is 6.25. The van der Waals surface area contributed by atoms with Gasteiger partial charge in [0.1, 0.15) is 5.75 Å². The molecule has 0 bridgehead atoms. The van der Waals surface area contributed by atoms with Crippen molar-refractivity contribution in [3.05, 3.63) is 53.6 Å². The average Bonchev–Trinajstić information content (AvgIpc) is 2.73. The molecule has 0 atom stereocenters. The van der Waals surface area contributed by atoms with Crippen LogP contribution in [-0.4, -0.2) is 39.4 Å². The number of anilines is 1. The van der Waals surface area contributed by atoms with Gasteiger partial charge in [0.25, 0.3) is 15.9 Å². The largest absolute Gasteiger partial charge is 0.496 e. The van der Waals surface area contributed by atoms with Gasteiger partial charge in [-0.05, 0) is 61.7 Å². The lowest BCUT2D eigenvalue weighted by Gasteiger charge is -2.27. The van der Waals surface area contributed by atoms with E-state index in [1.54, 1.807) is 4.90 Å². The van der Waals surface area contributed by atoms with Crippen molar-refractivity contribution in [1.82, 2.24) is 4.90 Å². The number of ether oxygens (including phenoxy) is 1. The van der Waals surface area contributed by atoms with E-state index in [-0.39, 0.29) is 27.8 Å². The van der Waals surface area contributed by atoms with Crippen LogP contribution < -0.4 is 9.46 Å². The molecule has 1 heterocycles. The number of likely N-dealkylation sites (tertiary alicyclic amines) is 1. The minimum absolute atomic E-state index is 0.0253. The van der Waals surface area contributed by atoms with Crippen molar-refractivity contribution in [2.75, 3.05) is 24.9 Å². The minimum Gasteiger partial charge on any atom is -0.496 e. The molecule has 1 saturated heterocycles. The number of carbonyl (C=O) groups excluding carboxylic acids is 1. The number of hydrogen-bond donors (Lipinski definition) is 1. The van der Waals surface area contributed by atoms with E-state index in [0.29, 0.717) is 13.1 Å². The minimum atomic E-state index is -4.52. The number of benzene rings is 2. The van der Waals surface area contributed by atoms with Gasteiger partial charge in [0, 0.05) is 18.8 Å². The van der Waals surface area contributed by atoms with Crippen LogP contribution in [0.5, 0.6) is 5.75 Å². The lowest BCUT2D eigenvalue weighted by Crippen LogP contribution is -2.35. The lowest BCUT2D eigenvalue weighted by atomic mass is 10.1. The third kappa shape index (κ3) is 4.86. The molecule has 10 heteroatoms. The van der Waals surface area contributed by atoms with Gasteiger partial charge in [0.15, 0.2) is 0 Å². The number of nitrogens with one attached hydrogen (secondary N) is 1. The maximum atomic E-state index is 12.9. The first kappa shape index (κ1) is 21.9. The van der Waals surface area contributed by atoms with E-state index in [1.165, 1.54) is 25.3 Å². The average molecular weight is 442 g/mol. The molecule has 0 aromatic heterocycles. The summed E-state index contributed by atoms with van der Waals surface area (Å²) in [6.07, 6.45) is -1.73. The lowest BCUT2D eigenvalue weighted by molar-refractivity contribution is -0.137. The number of piperidine rings is 1. The Labute approximate surface area is 172 Å². The van der Waals surface area contributed by atoms with Crippen molar-refractivity contribution in [3.63, 3.8) is 0 Å². The van der Waals surface area contributed by atoms with E-state index in [4.69, 9.17) is 4.74 Å². The summed E-state index contributed by atoms with van der Waals surface area (Å²) in [5, 5.41) is 0. The van der Waals surface area contributed by atoms with E-state index in [1.807, 2.05) is 0 Å². The standard InChI is InChI=1S/C20H21F3N2O4S/c1-29-18-10-9-16(13-17(18)19(26)25-11-3-2-4-12-25)30(27,28)24-15-7-5-14(6-8-15)20(21,22)23/h5-10,13,24H,2-4,11-12H2,1H3. The molecule has 2 aromatic rings. The number of halogens is 3. The van der Waals surface area contributed by atoms with Gasteiger partial charge in [0.2, 0.25) is 0 Å². The molecule has 0 aliphatic carbocycles. The van der Waals surface area contributed by atoms with Crippen LogP contribution in [0.1, 0.15) is 35.2 Å². The quantitative estimate of drug-likeness (QED) is 0.755. The van der Waals surface area contributed by atoms with Crippen molar-refractivity contribution in [2.24, 2.45) is 0 Å². The summed E-state index contributed by atoms with van der Waals surface area (Å²) in [7, 11) is -2.75. The number of methoxy groups -OCH3 is 1. The van der Waals surface area contributed by atoms with Crippen LogP contribution in [0.3, 0.4) is 0 Å². The Morgan fingerprint density at radius 3 is 2.23 bits per heavy atom. The molecule has 0 saturated carbocycles. The molecule has 0 spiro atoms. The first-order valence-corrected chi connectivity index (χ1v) is 10.8. The molecule has 162 valence electrons. The summed E-state index contributed by atoms with van der Waals surface area (Å²) in [4.78, 5) is 14.3. The zero-order valence-corrected chi connectivity index (χ0v) is 17.0. The third-order valence-corrected chi connectivity index (χ3v) is 6.20. The molecule has 0 unspecified atom stereocenters. The summed E-state index contributed by atoms with van der Waals surface area (Å²) in [5.41, 5.74) is -0.790. The van der Waals surface area contributed by atoms with Gasteiger partial charge in [0.05, 0.1) is 23.1 Å². The van der Waals surface area contributed by atoms with E-state index >= 15 is 0 Å². The van der Waals surface area contributed by atoms with Crippen molar-refractivity contribution in [2.45, 2.75) is 30.3 Å². The van der Waals surface area contributed by atoms with Crippen LogP contribution in [0, 0.1) is 0 Å². The molecule has 3 rings (SSSR count). The Bertz CT molecular complexity index is 1020. The molecule has 30 heavy (non-hydrogen) atoms. The van der Waals surface area contributed by atoms with Gasteiger partial charge < -0.3 is 9.64 Å². The Hall–Kier alpha value is -2.75. The van der Waals surface area contributed by atoms with Crippen molar-refractivity contribution >= 4 is 21.6 Å². The van der Waals surface area contributed by atoms with E-state index in [0.717, 1.165) is 43.5 Å². The van der Waals surface area contributed by atoms with Gasteiger partial charge >= 0.3 is 6.18 Å². The second-order valence-corrected chi connectivity index (χ2v) is 8.58. The maximum Gasteiger partial charge on any atom is 0.416 e. The van der Waals surface area contributed by atoms with Crippen LogP contribution in [0.2, 0.25) is 0 Å². The molecular formula is C20H21F3N2O4S. The molecule has 0 radical (unpaired) electrons. The molecule has 1 aliphatic rings. The van der Waals surface area contributed by atoms with E-state index in [9.17, 15) is 26.4 Å². The first-order chi connectivity index (χ1) is 14.1. The van der Waals surface area contributed by atoms with Gasteiger partial charge in [-0.15, -0.1) is 0 Å². The summed E-state index contributed by atoms with van der Waals surface area (Å²) in [5.74, 6) is -0.0721. The normalized spacial score (nSPS) is 15.0. The van der Waals surface area contributed by atoms with Crippen molar-refractivity contribution in [3.8, 4) is 5.75 Å². The Balaban J connectivity index is 1.87. The number of nitrogens with zero attached hydrogens (tertiary/aromatic N) is 1. The van der Waals surface area contributed by atoms with Crippen LogP contribution in [0.4, 0.5) is 18.9 Å². The number of hydrogen-bond acceptors (Lipinski definition) is 4. The molecule has 1 aliphatic heterocycles. The smallest absolute Gasteiger partial charge is 0.416 e. The molecular weight excluding hydrogens is 421 g/mol. The van der Waals surface area contributed by atoms with Crippen LogP contribution in [0.25, 0.3) is 0 Å². The maximum absolute atomic E-state index is 12.9. The predicted octanol–water partition coefficient (Wildman–Crippen LogP) is 4.14. The highest BCUT2D eigenvalue weighted by Crippen LogP contribution is 2.31.